The molecule has 0 atom stereocenters. The van der Waals surface area contributed by atoms with E-state index < -0.39 is 5.82 Å². The maximum atomic E-state index is 14.1. The van der Waals surface area contributed by atoms with E-state index in [2.05, 4.69) is 10.3 Å². The number of hydrogen-bond donors (Lipinski definition) is 2. The van der Waals surface area contributed by atoms with Crippen molar-refractivity contribution in [3.8, 4) is 22.6 Å². The Morgan fingerprint density at radius 1 is 1.12 bits per heavy atom. The molecule has 178 valence electrons. The minimum absolute atomic E-state index is 0.0771. The Balaban J connectivity index is 1.61. The van der Waals surface area contributed by atoms with Crippen molar-refractivity contribution in [3.05, 3.63) is 77.4 Å². The average Bonchev–Trinajstić information content (AvgIpc) is 2.88. The minimum atomic E-state index is -0.481. The highest BCUT2D eigenvalue weighted by Crippen LogP contribution is 2.31. The number of methoxy groups -OCH3 is 1. The first-order chi connectivity index (χ1) is 16.6. The molecule has 7 heteroatoms. The Labute approximate surface area is 198 Å². The van der Waals surface area contributed by atoms with Gasteiger partial charge >= 0.3 is 0 Å². The fourth-order valence-electron chi connectivity index (χ4n) is 4.26. The van der Waals surface area contributed by atoms with Crippen LogP contribution in [0.5, 0.6) is 11.5 Å². The third-order valence-electron chi connectivity index (χ3n) is 6.13. The zero-order valence-electron chi connectivity index (χ0n) is 19.2. The fraction of sp³-hybridized carbons (Fsp3) is 0.333. The largest absolute Gasteiger partial charge is 0.494 e. The minimum Gasteiger partial charge on any atom is -0.494 e. The van der Waals surface area contributed by atoms with E-state index in [-0.39, 0.29) is 30.9 Å². The molecule has 0 radical (unpaired) electrons. The van der Waals surface area contributed by atoms with Crippen LogP contribution in [-0.4, -0.2) is 29.2 Å². The summed E-state index contributed by atoms with van der Waals surface area (Å²) in [6.45, 7) is 0.0182. The first kappa shape index (κ1) is 23.7. The molecule has 1 heterocycles. The number of pyridine rings is 1. The average molecular weight is 465 g/mol. The molecule has 4 rings (SSSR count). The monoisotopic (exact) mass is 464 g/mol. The molecule has 0 bridgehead atoms. The highest BCUT2D eigenvalue weighted by atomic mass is 19.1. The van der Waals surface area contributed by atoms with Gasteiger partial charge in [0.2, 0.25) is 0 Å². The summed E-state index contributed by atoms with van der Waals surface area (Å²) < 4.78 is 25.3. The van der Waals surface area contributed by atoms with E-state index in [4.69, 9.17) is 9.47 Å². The zero-order chi connectivity index (χ0) is 23.9. The van der Waals surface area contributed by atoms with Crippen molar-refractivity contribution >= 4 is 5.91 Å². The van der Waals surface area contributed by atoms with Crippen LogP contribution >= 0.6 is 0 Å². The number of benzene rings is 2. The third kappa shape index (κ3) is 5.54. The van der Waals surface area contributed by atoms with Gasteiger partial charge < -0.3 is 19.9 Å². The fourth-order valence-corrected chi connectivity index (χ4v) is 4.26. The van der Waals surface area contributed by atoms with Gasteiger partial charge in [0.1, 0.15) is 5.75 Å². The van der Waals surface area contributed by atoms with Crippen LogP contribution in [0.15, 0.2) is 54.9 Å². The zero-order valence-corrected chi connectivity index (χ0v) is 19.2. The Kier molecular flexibility index (Phi) is 7.75. The highest BCUT2D eigenvalue weighted by molar-refractivity contribution is 5.98. The van der Waals surface area contributed by atoms with Crippen molar-refractivity contribution in [2.75, 3.05) is 7.11 Å². The van der Waals surface area contributed by atoms with E-state index in [1.807, 2.05) is 6.07 Å². The third-order valence-corrected chi connectivity index (χ3v) is 6.13. The van der Waals surface area contributed by atoms with Crippen molar-refractivity contribution < 1.29 is 23.8 Å². The topological polar surface area (TPSA) is 80.7 Å². The molecule has 0 spiro atoms. The van der Waals surface area contributed by atoms with Gasteiger partial charge in [0.25, 0.3) is 5.91 Å². The van der Waals surface area contributed by atoms with Crippen LogP contribution < -0.4 is 14.8 Å². The molecule has 1 aliphatic carbocycles. The summed E-state index contributed by atoms with van der Waals surface area (Å²) in [7, 11) is 1.41. The van der Waals surface area contributed by atoms with Crippen LogP contribution in [0, 0.1) is 5.82 Å². The number of rotatable bonds is 8. The quantitative estimate of drug-likeness (QED) is 0.489. The smallest absolute Gasteiger partial charge is 0.255 e. The lowest BCUT2D eigenvalue weighted by Crippen LogP contribution is -2.26. The van der Waals surface area contributed by atoms with Crippen molar-refractivity contribution in [1.29, 1.82) is 0 Å². The second-order valence-electron chi connectivity index (χ2n) is 8.43. The number of aromatic nitrogens is 1. The van der Waals surface area contributed by atoms with Gasteiger partial charge in [-0.05, 0) is 72.7 Å². The molecule has 1 amide bonds. The van der Waals surface area contributed by atoms with E-state index >= 15 is 0 Å². The van der Waals surface area contributed by atoms with E-state index in [0.717, 1.165) is 42.4 Å². The molecule has 1 saturated carbocycles. The number of carbonyl (C=O) groups excluding carboxylic acids is 1. The lowest BCUT2D eigenvalue weighted by atomic mass is 9.97. The number of hydrogen-bond acceptors (Lipinski definition) is 5. The summed E-state index contributed by atoms with van der Waals surface area (Å²) in [6.07, 6.45) is 8.73. The molecule has 0 unspecified atom stereocenters. The highest BCUT2D eigenvalue weighted by Gasteiger charge is 2.20. The van der Waals surface area contributed by atoms with E-state index in [1.54, 1.807) is 36.7 Å². The van der Waals surface area contributed by atoms with Gasteiger partial charge in [-0.3, -0.25) is 9.78 Å². The summed E-state index contributed by atoms with van der Waals surface area (Å²) in [5.41, 5.74) is 3.24. The van der Waals surface area contributed by atoms with Crippen molar-refractivity contribution in [3.63, 3.8) is 0 Å². The lowest BCUT2D eigenvalue weighted by Gasteiger charge is -2.24. The molecule has 1 aliphatic rings. The second kappa shape index (κ2) is 11.1. The van der Waals surface area contributed by atoms with E-state index in [0.29, 0.717) is 16.9 Å². The molecular weight excluding hydrogens is 435 g/mol. The number of ether oxygens (including phenoxy) is 2. The Bertz CT molecular complexity index is 1150. The lowest BCUT2D eigenvalue weighted by molar-refractivity contribution is 0.0939. The van der Waals surface area contributed by atoms with Crippen LogP contribution in [0.1, 0.15) is 53.6 Å². The van der Waals surface area contributed by atoms with Crippen LogP contribution in [0.25, 0.3) is 11.1 Å². The number of aliphatic hydroxyl groups excluding tert-OH is 1. The Hall–Kier alpha value is -3.45. The molecule has 1 fully saturated rings. The number of aliphatic hydroxyl groups is 1. The van der Waals surface area contributed by atoms with Crippen molar-refractivity contribution in [1.82, 2.24) is 10.3 Å². The molecule has 1 aromatic heterocycles. The van der Waals surface area contributed by atoms with E-state index in [9.17, 15) is 14.3 Å². The summed E-state index contributed by atoms with van der Waals surface area (Å²) in [4.78, 5) is 17.4. The maximum Gasteiger partial charge on any atom is 0.255 e. The summed E-state index contributed by atoms with van der Waals surface area (Å²) >= 11 is 0. The predicted octanol–water partition coefficient (Wildman–Crippen LogP) is 5.03. The maximum absolute atomic E-state index is 14.1. The van der Waals surface area contributed by atoms with Gasteiger partial charge in [0, 0.05) is 24.5 Å². The van der Waals surface area contributed by atoms with Gasteiger partial charge in [-0.25, -0.2) is 4.39 Å². The van der Waals surface area contributed by atoms with Crippen molar-refractivity contribution in [2.24, 2.45) is 0 Å². The number of nitrogens with zero attached hydrogens (tertiary/aromatic N) is 1. The standard InChI is InChI=1S/C27H29FN2O4/c1-33-26-9-7-18(13-24(26)28)15-30-27(32)22-14-19(23-16-29-12-11-20(23)17-31)8-10-25(22)34-21-5-3-2-4-6-21/h7-14,16,21,31H,2-6,15,17H2,1H3,(H,30,32). The van der Waals surface area contributed by atoms with Crippen LogP contribution in [0.3, 0.4) is 0 Å². The van der Waals surface area contributed by atoms with Crippen LogP contribution in [0.2, 0.25) is 0 Å². The van der Waals surface area contributed by atoms with E-state index in [1.165, 1.54) is 25.7 Å². The Morgan fingerprint density at radius 3 is 2.65 bits per heavy atom. The molecule has 34 heavy (non-hydrogen) atoms. The van der Waals surface area contributed by atoms with Gasteiger partial charge in [0.05, 0.1) is 25.4 Å². The molecule has 0 saturated heterocycles. The number of halogens is 1. The number of nitrogens with one attached hydrogen (secondary N) is 1. The molecular formula is C27H29FN2O4. The summed E-state index contributed by atoms with van der Waals surface area (Å²) in [5.74, 6) is -0.130. The summed E-state index contributed by atoms with van der Waals surface area (Å²) in [5, 5.41) is 12.6. The van der Waals surface area contributed by atoms with Gasteiger partial charge in [-0.15, -0.1) is 0 Å². The Morgan fingerprint density at radius 2 is 1.91 bits per heavy atom. The van der Waals surface area contributed by atoms with Crippen molar-refractivity contribution in [2.45, 2.75) is 51.4 Å². The first-order valence-electron chi connectivity index (χ1n) is 11.5. The predicted molar refractivity (Wildman–Crippen MR) is 127 cm³/mol. The van der Waals surface area contributed by atoms with Crippen LogP contribution in [-0.2, 0) is 13.2 Å². The van der Waals surface area contributed by atoms with Gasteiger partial charge in [-0.1, -0.05) is 18.6 Å². The van der Waals surface area contributed by atoms with Gasteiger partial charge in [0.15, 0.2) is 11.6 Å². The first-order valence-corrected chi connectivity index (χ1v) is 11.5. The number of amides is 1. The SMILES string of the molecule is COc1ccc(CNC(=O)c2cc(-c3cnccc3CO)ccc2OC2CCCCC2)cc1F. The second-order valence-corrected chi connectivity index (χ2v) is 8.43. The summed E-state index contributed by atoms with van der Waals surface area (Å²) in [6, 6.07) is 11.8. The molecule has 6 nitrogen and oxygen atoms in total. The molecule has 2 N–H and O–H groups in total. The van der Waals surface area contributed by atoms with Gasteiger partial charge in [-0.2, -0.15) is 0 Å². The normalized spacial score (nSPS) is 14.0. The van der Waals surface area contributed by atoms with Crippen LogP contribution in [0.4, 0.5) is 4.39 Å². The molecule has 2 aromatic carbocycles. The molecule has 0 aliphatic heterocycles. The number of carbonyl (C=O) groups is 1. The molecule has 3 aromatic rings.